The summed E-state index contributed by atoms with van der Waals surface area (Å²) < 4.78 is 14.1. The van der Waals surface area contributed by atoms with Gasteiger partial charge in [0.05, 0.1) is 20.6 Å². The maximum atomic E-state index is 11.0. The molecule has 0 aliphatic carbocycles. The van der Waals surface area contributed by atoms with Gasteiger partial charge in [0.1, 0.15) is 5.75 Å². The topological polar surface area (TPSA) is 61.8 Å². The standard InChI is InChI=1S/C12H14O5/c1-15-11(13)7-9-3-5-10(6-4-9)17-8-12(14)16-2/h3-6H,7-8H2,1-2H3. The van der Waals surface area contributed by atoms with E-state index in [1.807, 2.05) is 0 Å². The summed E-state index contributed by atoms with van der Waals surface area (Å²) in [5, 5.41) is 0. The Balaban J connectivity index is 2.50. The van der Waals surface area contributed by atoms with E-state index in [0.29, 0.717) is 5.75 Å². The van der Waals surface area contributed by atoms with Crippen molar-refractivity contribution in [1.29, 1.82) is 0 Å². The molecule has 0 radical (unpaired) electrons. The maximum absolute atomic E-state index is 11.0. The highest BCUT2D eigenvalue weighted by Crippen LogP contribution is 2.12. The van der Waals surface area contributed by atoms with E-state index in [-0.39, 0.29) is 19.0 Å². The predicted molar refractivity (Wildman–Crippen MR) is 59.7 cm³/mol. The zero-order valence-electron chi connectivity index (χ0n) is 9.76. The highest BCUT2D eigenvalue weighted by atomic mass is 16.6. The molecule has 0 saturated heterocycles. The summed E-state index contributed by atoms with van der Waals surface area (Å²) in [6.45, 7) is -0.132. The summed E-state index contributed by atoms with van der Waals surface area (Å²) in [5.41, 5.74) is 0.822. The summed E-state index contributed by atoms with van der Waals surface area (Å²) in [7, 11) is 2.64. The average molecular weight is 238 g/mol. The number of hydrogen-bond acceptors (Lipinski definition) is 5. The summed E-state index contributed by atoms with van der Waals surface area (Å²) in [4.78, 5) is 21.8. The first-order valence-electron chi connectivity index (χ1n) is 5.01. The molecule has 17 heavy (non-hydrogen) atoms. The van der Waals surface area contributed by atoms with Crippen LogP contribution in [0, 0.1) is 0 Å². The van der Waals surface area contributed by atoms with Gasteiger partial charge in [0, 0.05) is 0 Å². The molecule has 0 spiro atoms. The van der Waals surface area contributed by atoms with Crippen molar-refractivity contribution in [3.05, 3.63) is 29.8 Å². The third-order valence-corrected chi connectivity index (χ3v) is 2.08. The molecule has 1 rings (SSSR count). The maximum Gasteiger partial charge on any atom is 0.343 e. The Morgan fingerprint density at radius 3 is 2.12 bits per heavy atom. The monoisotopic (exact) mass is 238 g/mol. The zero-order valence-corrected chi connectivity index (χ0v) is 9.76. The third-order valence-electron chi connectivity index (χ3n) is 2.08. The molecule has 0 fully saturated rings. The first-order valence-corrected chi connectivity index (χ1v) is 5.01. The number of methoxy groups -OCH3 is 2. The molecule has 5 heteroatoms. The number of hydrogen-bond donors (Lipinski definition) is 0. The van der Waals surface area contributed by atoms with Crippen molar-refractivity contribution in [1.82, 2.24) is 0 Å². The van der Waals surface area contributed by atoms with Gasteiger partial charge in [-0.1, -0.05) is 12.1 Å². The summed E-state index contributed by atoms with van der Waals surface area (Å²) in [5.74, 6) is -0.194. The summed E-state index contributed by atoms with van der Waals surface area (Å²) in [6.07, 6.45) is 0.216. The van der Waals surface area contributed by atoms with Crippen LogP contribution in [0.15, 0.2) is 24.3 Å². The molecule has 0 aromatic heterocycles. The molecule has 0 bridgehead atoms. The molecule has 0 amide bonds. The van der Waals surface area contributed by atoms with E-state index in [2.05, 4.69) is 9.47 Å². The Bertz CT molecular complexity index is 382. The van der Waals surface area contributed by atoms with Crippen LogP contribution in [0.5, 0.6) is 5.75 Å². The predicted octanol–water partition coefficient (Wildman–Crippen LogP) is 0.954. The van der Waals surface area contributed by atoms with E-state index in [1.54, 1.807) is 24.3 Å². The largest absolute Gasteiger partial charge is 0.482 e. The van der Waals surface area contributed by atoms with Crippen LogP contribution >= 0.6 is 0 Å². The van der Waals surface area contributed by atoms with Crippen molar-refractivity contribution in [3.63, 3.8) is 0 Å². The van der Waals surface area contributed by atoms with Crippen LogP contribution < -0.4 is 4.74 Å². The minimum absolute atomic E-state index is 0.132. The third kappa shape index (κ3) is 4.55. The fourth-order valence-electron chi connectivity index (χ4n) is 1.14. The van der Waals surface area contributed by atoms with Crippen LogP contribution in [0.3, 0.4) is 0 Å². The van der Waals surface area contributed by atoms with Gasteiger partial charge in [-0.25, -0.2) is 4.79 Å². The Morgan fingerprint density at radius 2 is 1.59 bits per heavy atom. The normalized spacial score (nSPS) is 9.53. The highest BCUT2D eigenvalue weighted by molar-refractivity contribution is 5.72. The number of carbonyl (C=O) groups excluding carboxylic acids is 2. The van der Waals surface area contributed by atoms with Gasteiger partial charge in [-0.2, -0.15) is 0 Å². The van der Waals surface area contributed by atoms with Crippen LogP contribution in [0.2, 0.25) is 0 Å². The summed E-state index contributed by atoms with van der Waals surface area (Å²) in [6, 6.07) is 6.84. The van der Waals surface area contributed by atoms with E-state index in [4.69, 9.17) is 4.74 Å². The number of ether oxygens (including phenoxy) is 3. The molecular formula is C12H14O5. The van der Waals surface area contributed by atoms with Crippen LogP contribution in [0.1, 0.15) is 5.56 Å². The minimum Gasteiger partial charge on any atom is -0.482 e. The van der Waals surface area contributed by atoms with Crippen molar-refractivity contribution >= 4 is 11.9 Å². The van der Waals surface area contributed by atoms with Gasteiger partial charge in [-0.3, -0.25) is 4.79 Å². The molecule has 0 atom stereocenters. The molecule has 0 aliphatic heterocycles. The molecule has 0 N–H and O–H groups in total. The van der Waals surface area contributed by atoms with Crippen LogP contribution in [0.25, 0.3) is 0 Å². The molecule has 0 unspecified atom stereocenters. The molecule has 0 heterocycles. The van der Waals surface area contributed by atoms with Crippen LogP contribution in [-0.2, 0) is 25.5 Å². The number of esters is 2. The Kier molecular flexibility index (Phi) is 5.00. The second-order valence-corrected chi connectivity index (χ2v) is 3.26. The van der Waals surface area contributed by atoms with E-state index in [1.165, 1.54) is 14.2 Å². The Labute approximate surface area is 99.3 Å². The zero-order chi connectivity index (χ0) is 12.7. The van der Waals surface area contributed by atoms with Crippen molar-refractivity contribution in [2.75, 3.05) is 20.8 Å². The highest BCUT2D eigenvalue weighted by Gasteiger charge is 2.04. The fraction of sp³-hybridized carbons (Fsp3) is 0.333. The molecule has 1 aromatic rings. The van der Waals surface area contributed by atoms with Crippen LogP contribution in [-0.4, -0.2) is 32.8 Å². The number of carbonyl (C=O) groups is 2. The second kappa shape index (κ2) is 6.52. The van der Waals surface area contributed by atoms with Gasteiger partial charge in [0.15, 0.2) is 6.61 Å². The lowest BCUT2D eigenvalue weighted by atomic mass is 10.1. The smallest absolute Gasteiger partial charge is 0.343 e. The lowest BCUT2D eigenvalue weighted by Gasteiger charge is -2.05. The minimum atomic E-state index is -0.441. The first kappa shape index (κ1) is 13.0. The molecular weight excluding hydrogens is 224 g/mol. The van der Waals surface area contributed by atoms with Gasteiger partial charge >= 0.3 is 11.9 Å². The molecule has 0 saturated carbocycles. The molecule has 5 nitrogen and oxygen atoms in total. The average Bonchev–Trinajstić information content (AvgIpc) is 2.37. The van der Waals surface area contributed by atoms with E-state index < -0.39 is 5.97 Å². The number of rotatable bonds is 5. The Hall–Kier alpha value is -2.04. The molecule has 1 aromatic carbocycles. The lowest BCUT2D eigenvalue weighted by Crippen LogP contribution is -2.12. The van der Waals surface area contributed by atoms with Gasteiger partial charge in [0.25, 0.3) is 0 Å². The molecule has 92 valence electrons. The first-order chi connectivity index (χ1) is 8.15. The van der Waals surface area contributed by atoms with Crippen molar-refractivity contribution in [2.24, 2.45) is 0 Å². The molecule has 0 aliphatic rings. The van der Waals surface area contributed by atoms with E-state index in [0.717, 1.165) is 5.56 Å². The summed E-state index contributed by atoms with van der Waals surface area (Å²) >= 11 is 0. The fourth-order valence-corrected chi connectivity index (χ4v) is 1.14. The van der Waals surface area contributed by atoms with E-state index >= 15 is 0 Å². The van der Waals surface area contributed by atoms with Crippen molar-refractivity contribution < 1.29 is 23.8 Å². The van der Waals surface area contributed by atoms with Crippen LogP contribution in [0.4, 0.5) is 0 Å². The van der Waals surface area contributed by atoms with Gasteiger partial charge in [-0.15, -0.1) is 0 Å². The lowest BCUT2D eigenvalue weighted by molar-refractivity contribution is -0.143. The number of benzene rings is 1. The Morgan fingerprint density at radius 1 is 1.00 bits per heavy atom. The van der Waals surface area contributed by atoms with Gasteiger partial charge in [-0.05, 0) is 17.7 Å². The SMILES string of the molecule is COC(=O)COc1ccc(CC(=O)OC)cc1. The van der Waals surface area contributed by atoms with Crippen molar-refractivity contribution in [3.8, 4) is 5.75 Å². The van der Waals surface area contributed by atoms with Gasteiger partial charge in [0.2, 0.25) is 0 Å². The second-order valence-electron chi connectivity index (χ2n) is 3.26. The quantitative estimate of drug-likeness (QED) is 0.715. The van der Waals surface area contributed by atoms with Crippen molar-refractivity contribution in [2.45, 2.75) is 6.42 Å². The van der Waals surface area contributed by atoms with Gasteiger partial charge < -0.3 is 14.2 Å². The van der Waals surface area contributed by atoms with E-state index in [9.17, 15) is 9.59 Å².